The van der Waals surface area contributed by atoms with E-state index in [0.29, 0.717) is 17.8 Å². The van der Waals surface area contributed by atoms with Crippen LogP contribution in [0.3, 0.4) is 0 Å². The van der Waals surface area contributed by atoms with Crippen LogP contribution in [-0.2, 0) is 11.8 Å². The van der Waals surface area contributed by atoms with Gasteiger partial charge in [0.2, 0.25) is 0 Å². The molecule has 0 bridgehead atoms. The Morgan fingerprint density at radius 1 is 1.20 bits per heavy atom. The highest BCUT2D eigenvalue weighted by atomic mass is 16.5. The van der Waals surface area contributed by atoms with Gasteiger partial charge in [-0.1, -0.05) is 44.1 Å². The van der Waals surface area contributed by atoms with Gasteiger partial charge in [-0.3, -0.25) is 0 Å². The summed E-state index contributed by atoms with van der Waals surface area (Å²) in [6, 6.07) is 10.3. The zero-order chi connectivity index (χ0) is 18.0. The fourth-order valence-electron chi connectivity index (χ4n) is 2.62. The number of rotatable bonds is 5. The van der Waals surface area contributed by atoms with Crippen LogP contribution in [0.25, 0.3) is 17.1 Å². The summed E-state index contributed by atoms with van der Waals surface area (Å²) in [5.74, 6) is 1.22. The van der Waals surface area contributed by atoms with Crippen LogP contribution in [0.5, 0.6) is 0 Å². The quantitative estimate of drug-likeness (QED) is 0.772. The molecule has 6 heteroatoms. The molecule has 0 aliphatic heterocycles. The number of hydrogen-bond acceptors (Lipinski definition) is 5. The van der Waals surface area contributed by atoms with Gasteiger partial charge < -0.3 is 9.84 Å². The van der Waals surface area contributed by atoms with Gasteiger partial charge in [0.05, 0.1) is 16.9 Å². The van der Waals surface area contributed by atoms with Crippen LogP contribution in [0, 0.1) is 0 Å². The normalized spacial score (nSPS) is 13.2. The standard InChI is InChI=1S/C19H25N5O/c1-13(20-5)11-16-21-18(25-23-16)15-12-24(14-9-7-6-8-10-14)22-17(15)19(2,3)4/h6-10,12-13,20H,11H2,1-5H3. The van der Waals surface area contributed by atoms with Crippen molar-refractivity contribution in [1.29, 1.82) is 0 Å². The molecule has 0 saturated heterocycles. The minimum atomic E-state index is -0.137. The lowest BCUT2D eigenvalue weighted by Gasteiger charge is -2.16. The van der Waals surface area contributed by atoms with E-state index >= 15 is 0 Å². The lowest BCUT2D eigenvalue weighted by Crippen LogP contribution is -2.24. The van der Waals surface area contributed by atoms with E-state index in [1.54, 1.807) is 0 Å². The molecule has 3 rings (SSSR count). The Morgan fingerprint density at radius 3 is 2.56 bits per heavy atom. The average molecular weight is 339 g/mol. The molecular weight excluding hydrogens is 314 g/mol. The second-order valence-electron chi connectivity index (χ2n) is 7.33. The fourth-order valence-corrected chi connectivity index (χ4v) is 2.62. The van der Waals surface area contributed by atoms with Crippen LogP contribution in [-0.4, -0.2) is 33.0 Å². The Hall–Kier alpha value is -2.47. The zero-order valence-corrected chi connectivity index (χ0v) is 15.4. The van der Waals surface area contributed by atoms with E-state index in [4.69, 9.17) is 9.62 Å². The van der Waals surface area contributed by atoms with Crippen molar-refractivity contribution in [1.82, 2.24) is 25.2 Å². The van der Waals surface area contributed by atoms with Gasteiger partial charge in [-0.05, 0) is 26.1 Å². The average Bonchev–Trinajstić information content (AvgIpc) is 3.21. The van der Waals surface area contributed by atoms with Crippen molar-refractivity contribution >= 4 is 0 Å². The topological polar surface area (TPSA) is 68.8 Å². The lowest BCUT2D eigenvalue weighted by atomic mass is 9.89. The lowest BCUT2D eigenvalue weighted by molar-refractivity contribution is 0.417. The summed E-state index contributed by atoms with van der Waals surface area (Å²) < 4.78 is 7.41. The first-order chi connectivity index (χ1) is 11.9. The van der Waals surface area contributed by atoms with Gasteiger partial charge in [-0.25, -0.2) is 4.68 Å². The molecule has 0 fully saturated rings. The Morgan fingerprint density at radius 2 is 1.92 bits per heavy atom. The third kappa shape index (κ3) is 3.79. The number of hydrogen-bond donors (Lipinski definition) is 1. The highest BCUT2D eigenvalue weighted by Gasteiger charge is 2.27. The molecule has 0 aliphatic rings. The van der Waals surface area contributed by atoms with Crippen LogP contribution < -0.4 is 5.32 Å². The Balaban J connectivity index is 2.02. The molecule has 0 radical (unpaired) electrons. The van der Waals surface area contributed by atoms with Crippen molar-refractivity contribution in [3.8, 4) is 17.1 Å². The molecule has 1 N–H and O–H groups in total. The molecule has 2 heterocycles. The van der Waals surface area contributed by atoms with Crippen LogP contribution in [0.1, 0.15) is 39.2 Å². The first kappa shape index (κ1) is 17.4. The first-order valence-electron chi connectivity index (χ1n) is 8.54. The van der Waals surface area contributed by atoms with E-state index in [1.165, 1.54) is 0 Å². The Labute approximate surface area is 148 Å². The van der Waals surface area contributed by atoms with E-state index < -0.39 is 0 Å². The van der Waals surface area contributed by atoms with Crippen molar-refractivity contribution in [3.63, 3.8) is 0 Å². The summed E-state index contributed by atoms with van der Waals surface area (Å²) in [4.78, 5) is 4.58. The summed E-state index contributed by atoms with van der Waals surface area (Å²) in [7, 11) is 1.92. The number of benzene rings is 1. The van der Waals surface area contributed by atoms with E-state index in [1.807, 2.05) is 48.3 Å². The molecule has 1 atom stereocenters. The molecular formula is C19H25N5O. The number of nitrogens with one attached hydrogen (secondary N) is 1. The fraction of sp³-hybridized carbons (Fsp3) is 0.421. The predicted octanol–water partition coefficient (Wildman–Crippen LogP) is 3.37. The van der Waals surface area contributed by atoms with Crippen LogP contribution in [0.15, 0.2) is 41.1 Å². The maximum absolute atomic E-state index is 5.54. The molecule has 1 aromatic carbocycles. The Bertz CT molecular complexity index is 829. The largest absolute Gasteiger partial charge is 0.334 e. The van der Waals surface area contributed by atoms with E-state index in [-0.39, 0.29) is 5.41 Å². The predicted molar refractivity (Wildman–Crippen MR) is 97.8 cm³/mol. The van der Waals surface area contributed by atoms with E-state index in [0.717, 1.165) is 23.4 Å². The highest BCUT2D eigenvalue weighted by Crippen LogP contribution is 2.32. The maximum Gasteiger partial charge on any atom is 0.261 e. The molecule has 0 amide bonds. The van der Waals surface area contributed by atoms with E-state index in [9.17, 15) is 0 Å². The minimum absolute atomic E-state index is 0.137. The van der Waals surface area contributed by atoms with Crippen molar-refractivity contribution < 1.29 is 4.52 Å². The van der Waals surface area contributed by atoms with E-state index in [2.05, 4.69) is 43.2 Å². The van der Waals surface area contributed by atoms with Crippen molar-refractivity contribution in [3.05, 3.63) is 48.0 Å². The van der Waals surface area contributed by atoms with Crippen molar-refractivity contribution in [2.75, 3.05) is 7.05 Å². The van der Waals surface area contributed by atoms with Gasteiger partial charge in [0, 0.05) is 24.1 Å². The van der Waals surface area contributed by atoms with Gasteiger partial charge in [-0.15, -0.1) is 0 Å². The molecule has 25 heavy (non-hydrogen) atoms. The molecule has 132 valence electrons. The summed E-state index contributed by atoms with van der Waals surface area (Å²) in [6.07, 6.45) is 2.69. The second-order valence-corrected chi connectivity index (χ2v) is 7.33. The molecule has 1 unspecified atom stereocenters. The van der Waals surface area contributed by atoms with Gasteiger partial charge >= 0.3 is 0 Å². The summed E-state index contributed by atoms with van der Waals surface area (Å²) in [6.45, 7) is 8.49. The van der Waals surface area contributed by atoms with Crippen molar-refractivity contribution in [2.45, 2.75) is 45.6 Å². The Kier molecular flexibility index (Phi) is 4.72. The number of nitrogens with zero attached hydrogens (tertiary/aromatic N) is 4. The highest BCUT2D eigenvalue weighted by molar-refractivity contribution is 5.58. The zero-order valence-electron chi connectivity index (χ0n) is 15.4. The van der Waals surface area contributed by atoms with Gasteiger partial charge in [0.15, 0.2) is 5.82 Å². The molecule has 3 aromatic rings. The third-order valence-electron chi connectivity index (χ3n) is 4.13. The smallest absolute Gasteiger partial charge is 0.261 e. The van der Waals surface area contributed by atoms with Crippen molar-refractivity contribution in [2.24, 2.45) is 0 Å². The monoisotopic (exact) mass is 339 g/mol. The number of aromatic nitrogens is 4. The second kappa shape index (κ2) is 6.80. The summed E-state index contributed by atoms with van der Waals surface area (Å²) >= 11 is 0. The first-order valence-corrected chi connectivity index (χ1v) is 8.54. The van der Waals surface area contributed by atoms with Crippen LogP contribution in [0.4, 0.5) is 0 Å². The molecule has 0 aliphatic carbocycles. The number of para-hydroxylation sites is 1. The number of likely N-dealkylation sites (N-methyl/N-ethyl adjacent to an activating group) is 1. The van der Waals surface area contributed by atoms with Crippen LogP contribution in [0.2, 0.25) is 0 Å². The molecule has 0 saturated carbocycles. The SMILES string of the molecule is CNC(C)Cc1noc(-c2cn(-c3ccccc3)nc2C(C)(C)C)n1. The molecule has 2 aromatic heterocycles. The van der Waals surface area contributed by atoms with Crippen LogP contribution >= 0.6 is 0 Å². The minimum Gasteiger partial charge on any atom is -0.334 e. The summed E-state index contributed by atoms with van der Waals surface area (Å²) in [5.41, 5.74) is 2.69. The van der Waals surface area contributed by atoms with Gasteiger partial charge in [-0.2, -0.15) is 10.1 Å². The third-order valence-corrected chi connectivity index (χ3v) is 4.13. The summed E-state index contributed by atoms with van der Waals surface area (Å²) in [5, 5.41) is 12.1. The molecule has 6 nitrogen and oxygen atoms in total. The maximum atomic E-state index is 5.54. The van der Waals surface area contributed by atoms with Gasteiger partial charge in [0.25, 0.3) is 5.89 Å². The van der Waals surface area contributed by atoms with Gasteiger partial charge in [0.1, 0.15) is 0 Å². The molecule has 0 spiro atoms.